The number of fused-ring (bicyclic) bond motifs is 1. The normalized spacial score (nSPS) is 21.8. The number of carbonyl (C=O) groups is 1. The number of ketones is 1. The molecule has 6 nitrogen and oxygen atoms in total. The molecule has 0 saturated carbocycles. The van der Waals surface area contributed by atoms with Gasteiger partial charge < -0.3 is 20.1 Å². The third-order valence-electron chi connectivity index (χ3n) is 6.10. The van der Waals surface area contributed by atoms with Crippen LogP contribution < -0.4 is 20.1 Å². The zero-order chi connectivity index (χ0) is 21.8. The summed E-state index contributed by atoms with van der Waals surface area (Å²) >= 11 is 0. The van der Waals surface area contributed by atoms with Gasteiger partial charge in [0.25, 0.3) is 0 Å². The molecule has 2 aromatic rings. The molecule has 0 aromatic heterocycles. The lowest BCUT2D eigenvalue weighted by Crippen LogP contribution is -2.42. The van der Waals surface area contributed by atoms with Gasteiger partial charge in [-0.1, -0.05) is 38.1 Å². The van der Waals surface area contributed by atoms with E-state index in [9.17, 15) is 10.1 Å². The molecular formula is C25H23N3O3. The summed E-state index contributed by atoms with van der Waals surface area (Å²) in [6.45, 7) is 4.35. The molecule has 0 amide bonds. The van der Waals surface area contributed by atoms with Crippen molar-refractivity contribution in [3.05, 3.63) is 76.6 Å². The summed E-state index contributed by atoms with van der Waals surface area (Å²) in [5.74, 6) is 1.30. The summed E-state index contributed by atoms with van der Waals surface area (Å²) in [7, 11) is 0. The largest absolute Gasteiger partial charge is 0.454 e. The monoisotopic (exact) mass is 413 g/mol. The summed E-state index contributed by atoms with van der Waals surface area (Å²) in [4.78, 5) is 15.2. The van der Waals surface area contributed by atoms with E-state index in [0.717, 1.165) is 16.9 Å². The van der Waals surface area contributed by atoms with Crippen LogP contribution in [0.5, 0.6) is 11.5 Å². The lowest BCUT2D eigenvalue weighted by molar-refractivity contribution is -0.117. The minimum atomic E-state index is -0.470. The van der Waals surface area contributed by atoms with Crippen molar-refractivity contribution < 1.29 is 14.3 Å². The number of ether oxygens (including phenoxy) is 2. The fraction of sp³-hybridized carbons (Fsp3) is 0.280. The number of anilines is 1. The zero-order valence-corrected chi connectivity index (χ0v) is 17.5. The lowest BCUT2D eigenvalue weighted by atomic mass is 9.72. The molecule has 31 heavy (non-hydrogen) atoms. The van der Waals surface area contributed by atoms with E-state index in [2.05, 4.69) is 24.8 Å². The van der Waals surface area contributed by atoms with E-state index in [1.165, 1.54) is 0 Å². The second-order valence-electron chi connectivity index (χ2n) is 8.92. The average molecular weight is 413 g/mol. The molecule has 3 aliphatic rings. The van der Waals surface area contributed by atoms with Gasteiger partial charge in [0.15, 0.2) is 17.3 Å². The van der Waals surface area contributed by atoms with Crippen molar-refractivity contribution in [3.63, 3.8) is 0 Å². The van der Waals surface area contributed by atoms with Gasteiger partial charge in [-0.15, -0.1) is 0 Å². The highest BCUT2D eigenvalue weighted by atomic mass is 16.7. The lowest BCUT2D eigenvalue weighted by Gasteiger charge is -2.45. The topological polar surface area (TPSA) is 88.6 Å². The quantitative estimate of drug-likeness (QED) is 0.787. The minimum Gasteiger partial charge on any atom is -0.454 e. The van der Waals surface area contributed by atoms with Crippen LogP contribution in [0.3, 0.4) is 0 Å². The maximum Gasteiger partial charge on any atom is 0.231 e. The van der Waals surface area contributed by atoms with Gasteiger partial charge in [0.2, 0.25) is 6.79 Å². The molecular weight excluding hydrogens is 390 g/mol. The van der Waals surface area contributed by atoms with Crippen LogP contribution in [0.15, 0.2) is 71.1 Å². The van der Waals surface area contributed by atoms with Gasteiger partial charge in [-0.3, -0.25) is 4.79 Å². The molecule has 1 atom stereocenters. The number of hydrogen-bond donors (Lipinski definition) is 1. The highest BCUT2D eigenvalue weighted by Gasteiger charge is 2.44. The Hall–Kier alpha value is -3.72. The Labute approximate surface area is 181 Å². The number of para-hydroxylation sites is 1. The highest BCUT2D eigenvalue weighted by Crippen LogP contribution is 2.50. The van der Waals surface area contributed by atoms with Crippen LogP contribution in [0, 0.1) is 16.7 Å². The predicted molar refractivity (Wildman–Crippen MR) is 116 cm³/mol. The van der Waals surface area contributed by atoms with E-state index >= 15 is 0 Å². The first-order valence-corrected chi connectivity index (χ1v) is 10.3. The number of nitriles is 1. The molecule has 0 spiro atoms. The Morgan fingerprint density at radius 3 is 2.58 bits per heavy atom. The Balaban J connectivity index is 1.77. The van der Waals surface area contributed by atoms with E-state index in [4.69, 9.17) is 15.2 Å². The molecule has 6 heteroatoms. The molecule has 0 saturated heterocycles. The van der Waals surface area contributed by atoms with E-state index < -0.39 is 6.04 Å². The van der Waals surface area contributed by atoms with Crippen LogP contribution >= 0.6 is 0 Å². The van der Waals surface area contributed by atoms with Crippen molar-refractivity contribution in [1.29, 1.82) is 5.26 Å². The SMILES string of the molecule is CC1(C)CC(=O)C2=C(C1)N(c1ccccc1)C(c1ccc3c(c1)OCO3)C(C#N)=C2N. The number of Topliss-reactive ketones (excluding diaryl/α,β-unsaturated/α-hetero) is 1. The first-order valence-electron chi connectivity index (χ1n) is 10.3. The Kier molecular flexibility index (Phi) is 4.30. The van der Waals surface area contributed by atoms with Gasteiger partial charge in [0, 0.05) is 17.8 Å². The van der Waals surface area contributed by atoms with E-state index in [1.54, 1.807) is 0 Å². The van der Waals surface area contributed by atoms with E-state index in [1.807, 2.05) is 48.5 Å². The summed E-state index contributed by atoms with van der Waals surface area (Å²) in [6.07, 6.45) is 1.09. The van der Waals surface area contributed by atoms with Gasteiger partial charge in [-0.2, -0.15) is 5.26 Å². The van der Waals surface area contributed by atoms with Crippen LogP contribution in [0.25, 0.3) is 0 Å². The van der Waals surface area contributed by atoms with Gasteiger partial charge in [0.05, 0.1) is 29.0 Å². The standard InChI is InChI=1S/C25H23N3O3/c1-25(2)11-18-22(19(29)12-25)23(27)17(13-26)24(28(18)16-6-4-3-5-7-16)15-8-9-20-21(10-15)31-14-30-20/h3-10,24H,11-12,14,27H2,1-2H3. The van der Waals surface area contributed by atoms with Crippen LogP contribution in [-0.2, 0) is 4.79 Å². The summed E-state index contributed by atoms with van der Waals surface area (Å²) < 4.78 is 11.0. The molecule has 1 aliphatic carbocycles. The minimum absolute atomic E-state index is 0.0124. The molecule has 0 fully saturated rings. The summed E-state index contributed by atoms with van der Waals surface area (Å²) in [5, 5.41) is 10.1. The van der Waals surface area contributed by atoms with Gasteiger partial charge in [-0.05, 0) is 41.7 Å². The third-order valence-corrected chi connectivity index (χ3v) is 6.10. The molecule has 2 aromatic carbocycles. The van der Waals surface area contributed by atoms with Crippen LogP contribution in [-0.4, -0.2) is 12.6 Å². The Morgan fingerprint density at radius 1 is 1.10 bits per heavy atom. The number of benzene rings is 2. The van der Waals surface area contributed by atoms with Crippen LogP contribution in [0.2, 0.25) is 0 Å². The average Bonchev–Trinajstić information content (AvgIpc) is 3.20. The first kappa shape index (κ1) is 19.3. The zero-order valence-electron chi connectivity index (χ0n) is 17.5. The molecule has 0 radical (unpaired) electrons. The molecule has 2 N–H and O–H groups in total. The van der Waals surface area contributed by atoms with E-state index in [-0.39, 0.29) is 23.7 Å². The van der Waals surface area contributed by atoms with Crippen molar-refractivity contribution in [1.82, 2.24) is 0 Å². The Bertz CT molecular complexity index is 1190. The van der Waals surface area contributed by atoms with Crippen molar-refractivity contribution in [2.24, 2.45) is 11.1 Å². The fourth-order valence-corrected chi connectivity index (χ4v) is 4.78. The maximum absolute atomic E-state index is 13.1. The number of nitrogens with zero attached hydrogens (tertiary/aromatic N) is 2. The highest BCUT2D eigenvalue weighted by molar-refractivity contribution is 6.03. The number of carbonyl (C=O) groups excluding carboxylic acids is 1. The van der Waals surface area contributed by atoms with Gasteiger partial charge >= 0.3 is 0 Å². The number of allylic oxidation sites excluding steroid dienone is 2. The maximum atomic E-state index is 13.1. The second kappa shape index (κ2) is 6.92. The van der Waals surface area contributed by atoms with Crippen molar-refractivity contribution in [2.45, 2.75) is 32.7 Å². The number of rotatable bonds is 2. The predicted octanol–water partition coefficient (Wildman–Crippen LogP) is 4.36. The smallest absolute Gasteiger partial charge is 0.231 e. The van der Waals surface area contributed by atoms with Crippen molar-refractivity contribution >= 4 is 11.5 Å². The summed E-state index contributed by atoms with van der Waals surface area (Å²) in [6, 6.07) is 17.4. The van der Waals surface area contributed by atoms with Gasteiger partial charge in [0.1, 0.15) is 0 Å². The summed E-state index contributed by atoms with van der Waals surface area (Å²) in [5.41, 5.74) is 10.1. The number of hydrogen-bond acceptors (Lipinski definition) is 6. The van der Waals surface area contributed by atoms with Crippen molar-refractivity contribution in [3.8, 4) is 17.6 Å². The van der Waals surface area contributed by atoms with Crippen LogP contribution in [0.1, 0.15) is 38.3 Å². The fourth-order valence-electron chi connectivity index (χ4n) is 4.78. The third kappa shape index (κ3) is 3.05. The molecule has 1 unspecified atom stereocenters. The van der Waals surface area contributed by atoms with Gasteiger partial charge in [-0.25, -0.2) is 0 Å². The molecule has 156 valence electrons. The molecule has 2 aliphatic heterocycles. The molecule has 5 rings (SSSR count). The second-order valence-corrected chi connectivity index (χ2v) is 8.92. The molecule has 0 bridgehead atoms. The first-order chi connectivity index (χ1) is 14.9. The Morgan fingerprint density at radius 2 is 1.84 bits per heavy atom. The molecule has 2 heterocycles. The van der Waals surface area contributed by atoms with Crippen molar-refractivity contribution in [2.75, 3.05) is 11.7 Å². The van der Waals surface area contributed by atoms with E-state index in [0.29, 0.717) is 35.5 Å². The number of nitrogens with two attached hydrogens (primary N) is 1. The van der Waals surface area contributed by atoms with Crippen LogP contribution in [0.4, 0.5) is 5.69 Å².